The van der Waals surface area contributed by atoms with E-state index in [1.54, 1.807) is 0 Å². The predicted molar refractivity (Wildman–Crippen MR) is 77.4 cm³/mol. The Morgan fingerprint density at radius 3 is 2.44 bits per heavy atom. The zero-order valence-corrected chi connectivity index (χ0v) is 12.3. The monoisotopic (exact) mass is 257 g/mol. The van der Waals surface area contributed by atoms with E-state index in [0.29, 0.717) is 5.25 Å². The maximum absolute atomic E-state index is 6.08. The highest BCUT2D eigenvalue weighted by Crippen LogP contribution is 2.36. The molecule has 0 aliphatic rings. The number of thioether (sulfide) groups is 1. The minimum absolute atomic E-state index is 0.232. The van der Waals surface area contributed by atoms with E-state index in [1.165, 1.54) is 21.9 Å². The van der Waals surface area contributed by atoms with Crippen molar-refractivity contribution in [2.45, 2.75) is 45.4 Å². The van der Waals surface area contributed by atoms with E-state index in [2.05, 4.69) is 39.8 Å². The van der Waals surface area contributed by atoms with Gasteiger partial charge in [-0.2, -0.15) is 11.8 Å². The largest absolute Gasteiger partial charge is 0.327 e. The molecule has 0 saturated heterocycles. The average Bonchev–Trinajstić information content (AvgIpc) is 2.58. The van der Waals surface area contributed by atoms with Gasteiger partial charge in [-0.3, -0.25) is 0 Å². The van der Waals surface area contributed by atoms with Gasteiger partial charge in [-0.05, 0) is 44.1 Å². The lowest BCUT2D eigenvalue weighted by molar-refractivity contribution is 0.629. The van der Waals surface area contributed by atoms with E-state index in [0.717, 1.165) is 5.92 Å². The van der Waals surface area contributed by atoms with E-state index in [4.69, 9.17) is 5.73 Å². The van der Waals surface area contributed by atoms with Crippen molar-refractivity contribution >= 4 is 23.1 Å². The van der Waals surface area contributed by atoms with E-state index < -0.39 is 0 Å². The first-order valence-corrected chi connectivity index (χ1v) is 7.80. The molecule has 1 rings (SSSR count). The summed E-state index contributed by atoms with van der Waals surface area (Å²) in [5.41, 5.74) is 6.08. The number of hydrogen-bond donors (Lipinski definition) is 1. The molecule has 0 saturated carbocycles. The third-order valence-corrected chi connectivity index (χ3v) is 5.26. The molecule has 0 radical (unpaired) electrons. The fourth-order valence-corrected chi connectivity index (χ4v) is 4.26. The van der Waals surface area contributed by atoms with Gasteiger partial charge in [-0.1, -0.05) is 13.8 Å². The molecular formula is C13H23NS2. The highest BCUT2D eigenvalue weighted by atomic mass is 32.2. The SMILES string of the molecule is Cc1ccc(C(SCCC(C)C)C(C)N)s1. The highest BCUT2D eigenvalue weighted by molar-refractivity contribution is 7.99. The second kappa shape index (κ2) is 6.67. The molecule has 0 fully saturated rings. The zero-order valence-electron chi connectivity index (χ0n) is 10.7. The minimum atomic E-state index is 0.232. The summed E-state index contributed by atoms with van der Waals surface area (Å²) in [6.45, 7) is 8.82. The summed E-state index contributed by atoms with van der Waals surface area (Å²) in [5.74, 6) is 1.99. The fraction of sp³-hybridized carbons (Fsp3) is 0.692. The molecule has 2 atom stereocenters. The van der Waals surface area contributed by atoms with Crippen LogP contribution in [0.15, 0.2) is 12.1 Å². The summed E-state index contributed by atoms with van der Waals surface area (Å²) in [7, 11) is 0. The standard InChI is InChI=1S/C13H23NS2/c1-9(2)7-8-15-13(11(4)14)12-6-5-10(3)16-12/h5-6,9,11,13H,7-8,14H2,1-4H3. The molecule has 92 valence electrons. The van der Waals surface area contributed by atoms with Gasteiger partial charge in [0.25, 0.3) is 0 Å². The number of aryl methyl sites for hydroxylation is 1. The van der Waals surface area contributed by atoms with Crippen LogP contribution in [0.25, 0.3) is 0 Å². The molecule has 1 nitrogen and oxygen atoms in total. The lowest BCUT2D eigenvalue weighted by Crippen LogP contribution is -2.22. The molecular weight excluding hydrogens is 234 g/mol. The van der Waals surface area contributed by atoms with Crippen LogP contribution >= 0.6 is 23.1 Å². The third kappa shape index (κ3) is 4.48. The Kier molecular flexibility index (Phi) is 5.87. The second-order valence-corrected chi connectivity index (χ2v) is 7.35. The number of thiophene rings is 1. The first-order chi connectivity index (χ1) is 7.50. The summed E-state index contributed by atoms with van der Waals surface area (Å²) >= 11 is 3.89. The van der Waals surface area contributed by atoms with Crippen molar-refractivity contribution in [3.8, 4) is 0 Å². The molecule has 0 aliphatic carbocycles. The molecule has 2 unspecified atom stereocenters. The van der Waals surface area contributed by atoms with Gasteiger partial charge < -0.3 is 5.73 Å². The maximum atomic E-state index is 6.08. The van der Waals surface area contributed by atoms with Crippen LogP contribution in [0.4, 0.5) is 0 Å². The van der Waals surface area contributed by atoms with Crippen LogP contribution in [-0.2, 0) is 0 Å². The van der Waals surface area contributed by atoms with Gasteiger partial charge >= 0.3 is 0 Å². The van der Waals surface area contributed by atoms with Gasteiger partial charge in [0.05, 0.1) is 5.25 Å². The van der Waals surface area contributed by atoms with Gasteiger partial charge in [0.1, 0.15) is 0 Å². The van der Waals surface area contributed by atoms with E-state index >= 15 is 0 Å². The minimum Gasteiger partial charge on any atom is -0.327 e. The van der Waals surface area contributed by atoms with Gasteiger partial charge in [0, 0.05) is 15.8 Å². The predicted octanol–water partition coefficient (Wildman–Crippen LogP) is 4.22. The van der Waals surface area contributed by atoms with Crippen molar-refractivity contribution in [2.75, 3.05) is 5.75 Å². The molecule has 3 heteroatoms. The van der Waals surface area contributed by atoms with Gasteiger partial charge in [-0.15, -0.1) is 11.3 Å². The van der Waals surface area contributed by atoms with E-state index in [1.807, 2.05) is 23.1 Å². The third-order valence-electron chi connectivity index (χ3n) is 2.51. The van der Waals surface area contributed by atoms with Crippen LogP contribution in [0.3, 0.4) is 0 Å². The van der Waals surface area contributed by atoms with Crippen molar-refractivity contribution in [1.29, 1.82) is 0 Å². The van der Waals surface area contributed by atoms with Crippen LogP contribution in [0.1, 0.15) is 42.2 Å². The maximum Gasteiger partial charge on any atom is 0.0539 e. The molecule has 0 bridgehead atoms. The van der Waals surface area contributed by atoms with E-state index in [-0.39, 0.29) is 6.04 Å². The topological polar surface area (TPSA) is 26.0 Å². The van der Waals surface area contributed by atoms with Crippen molar-refractivity contribution in [3.05, 3.63) is 21.9 Å². The van der Waals surface area contributed by atoms with Crippen molar-refractivity contribution in [3.63, 3.8) is 0 Å². The summed E-state index contributed by atoms with van der Waals surface area (Å²) in [4.78, 5) is 2.81. The Morgan fingerprint density at radius 1 is 1.31 bits per heavy atom. The van der Waals surface area contributed by atoms with Crippen LogP contribution in [0.2, 0.25) is 0 Å². The van der Waals surface area contributed by atoms with Gasteiger partial charge in [0.15, 0.2) is 0 Å². The molecule has 0 spiro atoms. The first kappa shape index (κ1) is 14.1. The summed E-state index contributed by atoms with van der Waals surface area (Å²) in [6.07, 6.45) is 1.28. The average molecular weight is 257 g/mol. The molecule has 2 N–H and O–H groups in total. The van der Waals surface area contributed by atoms with Crippen LogP contribution in [0.5, 0.6) is 0 Å². The highest BCUT2D eigenvalue weighted by Gasteiger charge is 2.18. The fourth-order valence-electron chi connectivity index (χ4n) is 1.53. The Bertz CT molecular complexity index is 305. The quantitative estimate of drug-likeness (QED) is 0.825. The van der Waals surface area contributed by atoms with Crippen molar-refractivity contribution in [2.24, 2.45) is 11.7 Å². The van der Waals surface area contributed by atoms with Crippen molar-refractivity contribution < 1.29 is 0 Å². The van der Waals surface area contributed by atoms with Crippen LogP contribution < -0.4 is 5.73 Å². The van der Waals surface area contributed by atoms with Crippen molar-refractivity contribution in [1.82, 2.24) is 0 Å². The molecule has 1 aromatic rings. The Morgan fingerprint density at radius 2 is 2.00 bits per heavy atom. The smallest absolute Gasteiger partial charge is 0.0539 e. The number of rotatable bonds is 6. The van der Waals surface area contributed by atoms with Crippen LogP contribution in [-0.4, -0.2) is 11.8 Å². The first-order valence-electron chi connectivity index (χ1n) is 5.94. The number of hydrogen-bond acceptors (Lipinski definition) is 3. The lowest BCUT2D eigenvalue weighted by Gasteiger charge is -2.19. The lowest BCUT2D eigenvalue weighted by atomic mass is 10.2. The normalized spacial score (nSPS) is 15.4. The Labute approximate surface area is 108 Å². The summed E-state index contributed by atoms with van der Waals surface area (Å²) < 4.78 is 0. The second-order valence-electron chi connectivity index (χ2n) is 4.78. The Hall–Kier alpha value is 0.01000. The van der Waals surface area contributed by atoms with Gasteiger partial charge in [-0.25, -0.2) is 0 Å². The van der Waals surface area contributed by atoms with Gasteiger partial charge in [0.2, 0.25) is 0 Å². The molecule has 0 aromatic carbocycles. The molecule has 1 heterocycles. The molecule has 0 aliphatic heterocycles. The number of nitrogens with two attached hydrogens (primary N) is 1. The Balaban J connectivity index is 2.55. The zero-order chi connectivity index (χ0) is 12.1. The van der Waals surface area contributed by atoms with E-state index in [9.17, 15) is 0 Å². The summed E-state index contributed by atoms with van der Waals surface area (Å²) in [6, 6.07) is 4.66. The van der Waals surface area contributed by atoms with Crippen LogP contribution in [0, 0.1) is 12.8 Å². The summed E-state index contributed by atoms with van der Waals surface area (Å²) in [5, 5.41) is 0.470. The molecule has 0 amide bonds. The molecule has 16 heavy (non-hydrogen) atoms. The molecule has 1 aromatic heterocycles.